The summed E-state index contributed by atoms with van der Waals surface area (Å²) in [5.41, 5.74) is 1.23. The maximum absolute atomic E-state index is 5.64. The van der Waals surface area contributed by atoms with E-state index in [1.165, 1.54) is 5.56 Å². The van der Waals surface area contributed by atoms with E-state index in [1.54, 1.807) is 13.4 Å². The zero-order valence-corrected chi connectivity index (χ0v) is 21.7. The first kappa shape index (κ1) is 26.7. The molecule has 10 heteroatoms. The number of aliphatic imine (C=N–C) groups is 1. The summed E-state index contributed by atoms with van der Waals surface area (Å²) < 4.78 is 18.1. The largest absolute Gasteiger partial charge is 0.497 e. The Morgan fingerprint density at radius 3 is 2.58 bits per heavy atom. The number of rotatable bonds is 12. The SMILES string of the molecule is COc1ccc(CCNC(=NCc2nnc(C)n2C)NCCCOCc2ccco2)cc1.I. The predicted molar refractivity (Wildman–Crippen MR) is 138 cm³/mol. The highest BCUT2D eigenvalue weighted by Crippen LogP contribution is 2.11. The van der Waals surface area contributed by atoms with Crippen LogP contribution in [-0.2, 0) is 31.4 Å². The molecule has 0 aliphatic rings. The lowest BCUT2D eigenvalue weighted by Crippen LogP contribution is -2.39. The van der Waals surface area contributed by atoms with Crippen molar-refractivity contribution in [2.75, 3.05) is 26.8 Å². The minimum Gasteiger partial charge on any atom is -0.497 e. The second kappa shape index (κ2) is 14.5. The molecular weight excluding hydrogens is 535 g/mol. The number of ether oxygens (including phenoxy) is 2. The Bertz CT molecular complexity index is 957. The number of guanidine groups is 1. The number of hydrogen-bond acceptors (Lipinski definition) is 6. The number of aromatic nitrogens is 3. The summed E-state index contributed by atoms with van der Waals surface area (Å²) in [6, 6.07) is 11.9. The Morgan fingerprint density at radius 2 is 1.91 bits per heavy atom. The first-order chi connectivity index (χ1) is 15.7. The number of halogens is 1. The summed E-state index contributed by atoms with van der Waals surface area (Å²) in [6.07, 6.45) is 3.38. The summed E-state index contributed by atoms with van der Waals surface area (Å²) in [4.78, 5) is 4.68. The normalized spacial score (nSPS) is 11.2. The molecule has 1 aromatic carbocycles. The van der Waals surface area contributed by atoms with Crippen LogP contribution in [0.3, 0.4) is 0 Å². The van der Waals surface area contributed by atoms with Crippen LogP contribution >= 0.6 is 24.0 Å². The van der Waals surface area contributed by atoms with E-state index < -0.39 is 0 Å². The molecule has 180 valence electrons. The van der Waals surface area contributed by atoms with E-state index in [9.17, 15) is 0 Å². The van der Waals surface area contributed by atoms with Crippen molar-refractivity contribution < 1.29 is 13.9 Å². The van der Waals surface area contributed by atoms with Crippen molar-refractivity contribution in [3.63, 3.8) is 0 Å². The van der Waals surface area contributed by atoms with Crippen molar-refractivity contribution >= 4 is 29.9 Å². The van der Waals surface area contributed by atoms with E-state index in [0.29, 0.717) is 19.8 Å². The van der Waals surface area contributed by atoms with Crippen LogP contribution in [0.15, 0.2) is 52.1 Å². The Balaban J connectivity index is 0.00000385. The fraction of sp³-hybridized carbons (Fsp3) is 0.435. The molecule has 0 unspecified atom stereocenters. The van der Waals surface area contributed by atoms with E-state index in [-0.39, 0.29) is 24.0 Å². The monoisotopic (exact) mass is 568 g/mol. The third kappa shape index (κ3) is 9.04. The molecule has 9 nitrogen and oxygen atoms in total. The molecule has 0 bridgehead atoms. The highest BCUT2D eigenvalue weighted by atomic mass is 127. The second-order valence-corrected chi connectivity index (χ2v) is 7.32. The standard InChI is InChI=1S/C23H32N6O3.HI/c1-18-27-28-22(29(18)2)16-26-23(24-12-5-14-31-17-21-6-4-15-32-21)25-13-11-19-7-9-20(30-3)10-8-19;/h4,6-10,15H,5,11-14,16-17H2,1-3H3,(H2,24,25,26);1H. The van der Waals surface area contributed by atoms with Gasteiger partial charge < -0.3 is 29.1 Å². The Morgan fingerprint density at radius 1 is 1.12 bits per heavy atom. The van der Waals surface area contributed by atoms with Gasteiger partial charge >= 0.3 is 0 Å². The molecule has 2 N–H and O–H groups in total. The van der Waals surface area contributed by atoms with Gasteiger partial charge in [0.05, 0.1) is 13.4 Å². The van der Waals surface area contributed by atoms with E-state index >= 15 is 0 Å². The lowest BCUT2D eigenvalue weighted by atomic mass is 10.1. The number of benzene rings is 1. The van der Waals surface area contributed by atoms with Gasteiger partial charge in [-0.1, -0.05) is 12.1 Å². The molecule has 0 fully saturated rings. The highest BCUT2D eigenvalue weighted by molar-refractivity contribution is 14.0. The van der Waals surface area contributed by atoms with Gasteiger partial charge in [-0.3, -0.25) is 0 Å². The van der Waals surface area contributed by atoms with Gasteiger partial charge in [-0.25, -0.2) is 4.99 Å². The summed E-state index contributed by atoms with van der Waals surface area (Å²) in [6.45, 7) is 4.99. The van der Waals surface area contributed by atoms with Crippen molar-refractivity contribution in [2.24, 2.45) is 12.0 Å². The van der Waals surface area contributed by atoms with Gasteiger partial charge in [0.2, 0.25) is 0 Å². The number of furan rings is 1. The lowest BCUT2D eigenvalue weighted by molar-refractivity contribution is 0.105. The van der Waals surface area contributed by atoms with Crippen LogP contribution in [0.2, 0.25) is 0 Å². The van der Waals surface area contributed by atoms with Gasteiger partial charge in [0.1, 0.15) is 30.5 Å². The van der Waals surface area contributed by atoms with Crippen molar-refractivity contribution in [2.45, 2.75) is 32.9 Å². The molecule has 2 aromatic heterocycles. The lowest BCUT2D eigenvalue weighted by Gasteiger charge is -2.13. The van der Waals surface area contributed by atoms with Gasteiger partial charge in [0, 0.05) is 26.7 Å². The summed E-state index contributed by atoms with van der Waals surface area (Å²) in [5, 5.41) is 15.1. The van der Waals surface area contributed by atoms with Crippen LogP contribution in [0, 0.1) is 6.92 Å². The molecule has 0 amide bonds. The molecule has 0 aliphatic carbocycles. The van der Waals surface area contributed by atoms with Crippen LogP contribution in [-0.4, -0.2) is 47.5 Å². The topological polar surface area (TPSA) is 98.7 Å². The predicted octanol–water partition coefficient (Wildman–Crippen LogP) is 3.23. The fourth-order valence-corrected chi connectivity index (χ4v) is 2.98. The maximum atomic E-state index is 5.64. The van der Waals surface area contributed by atoms with Crippen molar-refractivity contribution in [3.05, 3.63) is 65.6 Å². The summed E-state index contributed by atoms with van der Waals surface area (Å²) in [7, 11) is 3.62. The molecule has 0 aliphatic heterocycles. The van der Waals surface area contributed by atoms with Gasteiger partial charge in [-0.2, -0.15) is 0 Å². The Labute approximate surface area is 212 Å². The van der Waals surface area contributed by atoms with E-state index in [2.05, 4.69) is 38.0 Å². The zero-order valence-electron chi connectivity index (χ0n) is 19.4. The van der Waals surface area contributed by atoms with Crippen molar-refractivity contribution in [1.82, 2.24) is 25.4 Å². The Kier molecular flexibility index (Phi) is 11.7. The number of aryl methyl sites for hydroxylation is 1. The van der Waals surface area contributed by atoms with E-state index in [4.69, 9.17) is 13.9 Å². The summed E-state index contributed by atoms with van der Waals surface area (Å²) in [5.74, 6) is 4.12. The minimum atomic E-state index is 0. The van der Waals surface area contributed by atoms with Gasteiger partial charge in [0.25, 0.3) is 0 Å². The molecule has 3 aromatic rings. The molecular formula is C23H33IN6O3. The van der Waals surface area contributed by atoms with E-state index in [1.807, 2.05) is 42.8 Å². The quantitative estimate of drug-likeness (QED) is 0.150. The average Bonchev–Trinajstić information content (AvgIpc) is 3.44. The first-order valence-electron chi connectivity index (χ1n) is 10.8. The number of methoxy groups -OCH3 is 1. The third-order valence-corrected chi connectivity index (χ3v) is 5.01. The average molecular weight is 568 g/mol. The third-order valence-electron chi connectivity index (χ3n) is 5.01. The van der Waals surface area contributed by atoms with Crippen molar-refractivity contribution in [1.29, 1.82) is 0 Å². The van der Waals surface area contributed by atoms with Crippen LogP contribution < -0.4 is 15.4 Å². The van der Waals surface area contributed by atoms with Gasteiger partial charge in [-0.15, -0.1) is 34.2 Å². The molecule has 33 heavy (non-hydrogen) atoms. The number of nitrogens with one attached hydrogen (secondary N) is 2. The number of hydrogen-bond donors (Lipinski definition) is 2. The molecule has 0 radical (unpaired) electrons. The first-order valence-corrected chi connectivity index (χ1v) is 10.8. The smallest absolute Gasteiger partial charge is 0.191 e. The minimum absolute atomic E-state index is 0. The van der Waals surface area contributed by atoms with E-state index in [0.717, 1.165) is 55.0 Å². The maximum Gasteiger partial charge on any atom is 0.191 e. The van der Waals surface area contributed by atoms with Crippen LogP contribution in [0.1, 0.15) is 29.4 Å². The van der Waals surface area contributed by atoms with Crippen LogP contribution in [0.25, 0.3) is 0 Å². The molecule has 0 atom stereocenters. The fourth-order valence-electron chi connectivity index (χ4n) is 2.98. The molecule has 0 saturated carbocycles. The van der Waals surface area contributed by atoms with Crippen molar-refractivity contribution in [3.8, 4) is 5.75 Å². The second-order valence-electron chi connectivity index (χ2n) is 7.32. The number of nitrogens with zero attached hydrogens (tertiary/aromatic N) is 4. The molecule has 0 saturated heterocycles. The van der Waals surface area contributed by atoms with Crippen LogP contribution in [0.5, 0.6) is 5.75 Å². The molecule has 0 spiro atoms. The molecule has 3 rings (SSSR count). The Hall–Kier alpha value is -2.60. The van der Waals surface area contributed by atoms with Gasteiger partial charge in [-0.05, 0) is 49.6 Å². The van der Waals surface area contributed by atoms with Crippen LogP contribution in [0.4, 0.5) is 0 Å². The highest BCUT2D eigenvalue weighted by Gasteiger charge is 2.05. The summed E-state index contributed by atoms with van der Waals surface area (Å²) >= 11 is 0. The van der Waals surface area contributed by atoms with Gasteiger partial charge in [0.15, 0.2) is 11.8 Å². The molecule has 2 heterocycles. The zero-order chi connectivity index (χ0) is 22.6.